The maximum absolute atomic E-state index is 14.3. The number of esters is 1. The van der Waals surface area contributed by atoms with Crippen LogP contribution < -0.4 is 16.2 Å². The minimum atomic E-state index is -1.25. The van der Waals surface area contributed by atoms with E-state index in [1.807, 2.05) is 12.2 Å². The second kappa shape index (κ2) is 15.4. The molecule has 0 bridgehead atoms. The van der Waals surface area contributed by atoms with Crippen LogP contribution in [-0.4, -0.2) is 84.9 Å². The molecule has 2 fully saturated rings. The number of rotatable bonds is 6. The highest BCUT2D eigenvalue weighted by Crippen LogP contribution is 2.46. The van der Waals surface area contributed by atoms with Gasteiger partial charge in [-0.3, -0.25) is 14.4 Å². The number of ether oxygens (including phenoxy) is 2. The third kappa shape index (κ3) is 8.69. The number of amides is 3. The van der Waals surface area contributed by atoms with Crippen LogP contribution in [0.5, 0.6) is 0 Å². The van der Waals surface area contributed by atoms with Gasteiger partial charge in [-0.1, -0.05) is 25.0 Å². The molecule has 264 valence electrons. The molecule has 1 saturated carbocycles. The van der Waals surface area contributed by atoms with Crippen LogP contribution in [0.4, 0.5) is 4.79 Å². The number of hydrogen-bond donors (Lipinski definition) is 2. The highest BCUT2D eigenvalue weighted by molar-refractivity contribution is 9.10. The number of fused-ring (bicyclic) bond motifs is 2. The summed E-state index contributed by atoms with van der Waals surface area (Å²) in [6.07, 6.45) is 11.7. The van der Waals surface area contributed by atoms with E-state index >= 15 is 0 Å². The summed E-state index contributed by atoms with van der Waals surface area (Å²) in [5, 5.41) is 10.5. The van der Waals surface area contributed by atoms with Crippen molar-refractivity contribution in [3.8, 4) is 0 Å². The van der Waals surface area contributed by atoms with Crippen molar-refractivity contribution < 1.29 is 28.7 Å². The summed E-state index contributed by atoms with van der Waals surface area (Å²) in [4.78, 5) is 78.5. The first-order chi connectivity index (χ1) is 23.3. The molecule has 0 aromatic carbocycles. The predicted molar refractivity (Wildman–Crippen MR) is 183 cm³/mol. The standard InChI is InChI=1S/C33H42BrN7O7S/c1-5-47-29(45)33-17-20(33)12-9-7-6-8-10-13-22(38-31(46)48-32(2,3)4)27(43)40-19-21(16-23(40)26(42)39-33)41-28(44)25(34)24(18-37-41)49-30-35-14-11-15-36-30/h9,11-12,14-15,18,20-23H,5-8,10,13,16-17,19H2,1-4H3,(H,38,46)(H,39,42)/b12-9-/t20-,21-,22+,23?,33-/m1/s1. The molecule has 4 heterocycles. The van der Waals surface area contributed by atoms with Gasteiger partial charge in [-0.2, -0.15) is 5.10 Å². The van der Waals surface area contributed by atoms with E-state index in [0.29, 0.717) is 29.3 Å². The molecule has 2 aromatic rings. The topological polar surface area (TPSA) is 175 Å². The molecule has 2 N–H and O–H groups in total. The van der Waals surface area contributed by atoms with Crippen LogP contribution in [0.15, 0.2) is 56.1 Å². The van der Waals surface area contributed by atoms with Gasteiger partial charge in [-0.25, -0.2) is 24.2 Å². The summed E-state index contributed by atoms with van der Waals surface area (Å²) < 4.78 is 12.3. The van der Waals surface area contributed by atoms with Crippen LogP contribution in [-0.2, 0) is 23.9 Å². The van der Waals surface area contributed by atoms with Crippen LogP contribution in [0.25, 0.3) is 0 Å². The predicted octanol–water partition coefficient (Wildman–Crippen LogP) is 3.94. The zero-order valence-electron chi connectivity index (χ0n) is 28.0. The highest BCUT2D eigenvalue weighted by Gasteiger charge is 2.62. The molecule has 5 rings (SSSR count). The third-order valence-electron chi connectivity index (χ3n) is 8.59. The fourth-order valence-corrected chi connectivity index (χ4v) is 7.38. The van der Waals surface area contributed by atoms with Gasteiger partial charge in [0.2, 0.25) is 11.8 Å². The fraction of sp³-hybridized carbons (Fsp3) is 0.576. The first-order valence-electron chi connectivity index (χ1n) is 16.5. The van der Waals surface area contributed by atoms with E-state index in [2.05, 4.69) is 41.6 Å². The molecule has 2 aromatic heterocycles. The lowest BCUT2D eigenvalue weighted by molar-refractivity contribution is -0.150. The summed E-state index contributed by atoms with van der Waals surface area (Å²) >= 11 is 4.57. The van der Waals surface area contributed by atoms with E-state index in [9.17, 15) is 24.0 Å². The number of nitrogens with one attached hydrogen (secondary N) is 2. The number of alkyl carbamates (subject to hydrolysis) is 1. The van der Waals surface area contributed by atoms with E-state index < -0.39 is 58.7 Å². The van der Waals surface area contributed by atoms with Gasteiger partial charge in [0.1, 0.15) is 27.7 Å². The summed E-state index contributed by atoms with van der Waals surface area (Å²) in [7, 11) is 0. The Labute approximate surface area is 297 Å². The number of nitrogens with zero attached hydrogens (tertiary/aromatic N) is 5. The summed E-state index contributed by atoms with van der Waals surface area (Å²) in [6.45, 7) is 7.01. The lowest BCUT2D eigenvalue weighted by Crippen LogP contribution is -2.56. The number of aromatic nitrogens is 4. The monoisotopic (exact) mass is 759 g/mol. The lowest BCUT2D eigenvalue weighted by Gasteiger charge is -2.30. The third-order valence-corrected chi connectivity index (χ3v) is 10.5. The average Bonchev–Trinajstić information content (AvgIpc) is 3.56. The van der Waals surface area contributed by atoms with E-state index in [1.165, 1.54) is 27.5 Å². The highest BCUT2D eigenvalue weighted by atomic mass is 79.9. The molecule has 1 unspecified atom stereocenters. The smallest absolute Gasteiger partial charge is 0.408 e. The van der Waals surface area contributed by atoms with Gasteiger partial charge >= 0.3 is 12.1 Å². The molecule has 3 aliphatic rings. The maximum Gasteiger partial charge on any atom is 0.408 e. The Morgan fingerprint density at radius 2 is 1.92 bits per heavy atom. The minimum Gasteiger partial charge on any atom is -0.464 e. The van der Waals surface area contributed by atoms with Crippen molar-refractivity contribution in [3.05, 3.63) is 51.6 Å². The van der Waals surface area contributed by atoms with Gasteiger partial charge in [0, 0.05) is 31.3 Å². The van der Waals surface area contributed by atoms with Crippen LogP contribution >= 0.6 is 27.7 Å². The van der Waals surface area contributed by atoms with Crippen LogP contribution in [0.1, 0.15) is 78.7 Å². The largest absolute Gasteiger partial charge is 0.464 e. The molecule has 14 nitrogen and oxygen atoms in total. The second-order valence-corrected chi connectivity index (χ2v) is 15.2. The van der Waals surface area contributed by atoms with Gasteiger partial charge in [0.25, 0.3) is 5.56 Å². The molecule has 0 radical (unpaired) electrons. The molecule has 2 aliphatic heterocycles. The number of allylic oxidation sites excluding steroid dienone is 1. The second-order valence-electron chi connectivity index (χ2n) is 13.4. The zero-order chi connectivity index (χ0) is 35.3. The molecular weight excluding hydrogens is 718 g/mol. The number of hydrogen-bond acceptors (Lipinski definition) is 11. The molecule has 3 amide bonds. The number of carbonyl (C=O) groups is 4. The van der Waals surface area contributed by atoms with E-state index in [4.69, 9.17) is 9.47 Å². The summed E-state index contributed by atoms with van der Waals surface area (Å²) in [5.41, 5.74) is -2.50. The normalized spacial score (nSPS) is 26.7. The first-order valence-corrected chi connectivity index (χ1v) is 18.1. The molecule has 1 aliphatic carbocycles. The summed E-state index contributed by atoms with van der Waals surface area (Å²) in [6, 6.07) is -1.06. The minimum absolute atomic E-state index is 0.0349. The van der Waals surface area contributed by atoms with Crippen LogP contribution in [0.3, 0.4) is 0 Å². The van der Waals surface area contributed by atoms with Gasteiger partial charge < -0.3 is 25.0 Å². The molecule has 16 heteroatoms. The fourth-order valence-electron chi connectivity index (χ4n) is 6.15. The Bertz CT molecular complexity index is 1650. The Hall–Kier alpha value is -3.79. The molecule has 49 heavy (non-hydrogen) atoms. The molecule has 0 spiro atoms. The van der Waals surface area contributed by atoms with Crippen molar-refractivity contribution in [2.75, 3.05) is 13.2 Å². The van der Waals surface area contributed by atoms with Crippen LogP contribution in [0, 0.1) is 5.92 Å². The van der Waals surface area contributed by atoms with E-state index in [1.54, 1.807) is 46.2 Å². The Kier molecular flexibility index (Phi) is 11.5. The van der Waals surface area contributed by atoms with Crippen molar-refractivity contribution >= 4 is 51.6 Å². The van der Waals surface area contributed by atoms with E-state index in [0.717, 1.165) is 19.3 Å². The van der Waals surface area contributed by atoms with Crippen molar-refractivity contribution in [1.29, 1.82) is 0 Å². The Morgan fingerprint density at radius 1 is 1.16 bits per heavy atom. The quantitative estimate of drug-likeness (QED) is 0.248. The summed E-state index contributed by atoms with van der Waals surface area (Å²) in [5.74, 6) is -1.82. The van der Waals surface area contributed by atoms with Crippen molar-refractivity contribution in [1.82, 2.24) is 35.3 Å². The molecule has 1 saturated heterocycles. The lowest BCUT2D eigenvalue weighted by atomic mass is 10.0. The Balaban J connectivity index is 1.48. The van der Waals surface area contributed by atoms with Gasteiger partial charge in [-0.05, 0) is 87.1 Å². The average molecular weight is 761 g/mol. The Morgan fingerprint density at radius 3 is 2.63 bits per heavy atom. The SMILES string of the molecule is CCOC(=O)[C@@]12C[C@H]1/C=C\CCCCC[C@H](NC(=O)OC(C)(C)C)C(=O)N1C[C@H](n3ncc(Sc4ncccn4)c(Br)c3=O)CC1C(=O)N2. The van der Waals surface area contributed by atoms with Crippen LogP contribution in [0.2, 0.25) is 0 Å². The van der Waals surface area contributed by atoms with Crippen molar-refractivity contribution in [2.24, 2.45) is 5.92 Å². The van der Waals surface area contributed by atoms with E-state index in [-0.39, 0.29) is 30.0 Å². The number of halogens is 1. The van der Waals surface area contributed by atoms with Gasteiger partial charge in [-0.15, -0.1) is 0 Å². The van der Waals surface area contributed by atoms with Gasteiger partial charge in [0.05, 0.1) is 23.7 Å². The van der Waals surface area contributed by atoms with Crippen molar-refractivity contribution in [3.63, 3.8) is 0 Å². The molecular formula is C33H42BrN7O7S. The van der Waals surface area contributed by atoms with Gasteiger partial charge in [0.15, 0.2) is 5.16 Å². The molecule has 5 atom stereocenters. The number of carbonyl (C=O) groups excluding carboxylic acids is 4. The van der Waals surface area contributed by atoms with Crippen molar-refractivity contribution in [2.45, 2.75) is 112 Å². The zero-order valence-corrected chi connectivity index (χ0v) is 30.4. The first kappa shape index (κ1) is 36.5. The maximum atomic E-state index is 14.3.